The Bertz CT molecular complexity index is 285. The molecule has 1 aromatic heterocycles. The average molecular weight is 227 g/mol. The first-order chi connectivity index (χ1) is 7.20. The van der Waals surface area contributed by atoms with Crippen LogP contribution in [0.2, 0.25) is 0 Å². The molecule has 0 radical (unpaired) electrons. The highest BCUT2D eigenvalue weighted by Gasteiger charge is 2.19. The molecule has 1 aromatic rings. The van der Waals surface area contributed by atoms with Crippen LogP contribution in [0.4, 0.5) is 0 Å². The maximum Gasteiger partial charge on any atom is 0.0465 e. The van der Waals surface area contributed by atoms with E-state index in [4.69, 9.17) is 4.74 Å². The van der Waals surface area contributed by atoms with Gasteiger partial charge in [-0.1, -0.05) is 6.92 Å². The van der Waals surface area contributed by atoms with Gasteiger partial charge in [0.2, 0.25) is 0 Å². The number of aryl methyl sites for hydroxylation is 1. The number of thiophene rings is 1. The van der Waals surface area contributed by atoms with Gasteiger partial charge in [0.15, 0.2) is 0 Å². The van der Waals surface area contributed by atoms with Gasteiger partial charge in [-0.25, -0.2) is 0 Å². The number of hydrogen-bond donors (Lipinski definition) is 1. The standard InChI is InChI=1S/C12H21NOS/c1-9(5-7-14-4)11(13-3)12-10(2)6-8-15-12/h6,8-9,11,13H,5,7H2,1-4H3. The van der Waals surface area contributed by atoms with E-state index in [9.17, 15) is 0 Å². The van der Waals surface area contributed by atoms with Crippen LogP contribution in [-0.4, -0.2) is 20.8 Å². The molecule has 0 aromatic carbocycles. The van der Waals surface area contributed by atoms with Crippen molar-refractivity contribution in [2.24, 2.45) is 5.92 Å². The molecule has 3 heteroatoms. The minimum atomic E-state index is 0.458. The van der Waals surface area contributed by atoms with Crippen molar-refractivity contribution < 1.29 is 4.74 Å². The Labute approximate surface area is 96.7 Å². The lowest BCUT2D eigenvalue weighted by molar-refractivity contribution is 0.171. The molecule has 0 saturated heterocycles. The summed E-state index contributed by atoms with van der Waals surface area (Å²) in [5, 5.41) is 5.57. The fourth-order valence-corrected chi connectivity index (χ4v) is 3.02. The second kappa shape index (κ2) is 6.26. The van der Waals surface area contributed by atoms with Crippen LogP contribution in [-0.2, 0) is 4.74 Å². The highest BCUT2D eigenvalue weighted by atomic mass is 32.1. The fraction of sp³-hybridized carbons (Fsp3) is 0.667. The van der Waals surface area contributed by atoms with E-state index < -0.39 is 0 Å². The van der Waals surface area contributed by atoms with E-state index in [1.165, 1.54) is 10.4 Å². The molecule has 2 atom stereocenters. The van der Waals surface area contributed by atoms with Crippen LogP contribution in [0, 0.1) is 12.8 Å². The van der Waals surface area contributed by atoms with Gasteiger partial charge in [0.25, 0.3) is 0 Å². The summed E-state index contributed by atoms with van der Waals surface area (Å²) in [7, 11) is 3.80. The Morgan fingerprint density at radius 3 is 2.73 bits per heavy atom. The van der Waals surface area contributed by atoms with E-state index in [2.05, 4.69) is 30.6 Å². The van der Waals surface area contributed by atoms with Gasteiger partial charge in [0.05, 0.1) is 0 Å². The first-order valence-corrected chi connectivity index (χ1v) is 6.28. The van der Waals surface area contributed by atoms with Crippen LogP contribution in [0.25, 0.3) is 0 Å². The third-order valence-electron chi connectivity index (χ3n) is 2.84. The molecular formula is C12H21NOS. The van der Waals surface area contributed by atoms with Crippen molar-refractivity contribution in [3.8, 4) is 0 Å². The number of rotatable bonds is 6. The molecule has 0 saturated carbocycles. The summed E-state index contributed by atoms with van der Waals surface area (Å²) in [6.07, 6.45) is 1.10. The molecule has 1 N–H and O–H groups in total. The maximum atomic E-state index is 5.13. The predicted molar refractivity (Wildman–Crippen MR) is 66.5 cm³/mol. The Morgan fingerprint density at radius 2 is 2.27 bits per heavy atom. The van der Waals surface area contributed by atoms with Crippen LogP contribution >= 0.6 is 11.3 Å². The minimum absolute atomic E-state index is 0.458. The second-order valence-corrected chi connectivity index (χ2v) is 4.94. The molecule has 0 spiro atoms. The van der Waals surface area contributed by atoms with Gasteiger partial charge in [-0.15, -0.1) is 11.3 Å². The third kappa shape index (κ3) is 3.30. The van der Waals surface area contributed by atoms with Gasteiger partial charge < -0.3 is 10.1 Å². The summed E-state index contributed by atoms with van der Waals surface area (Å²) in [6.45, 7) is 5.29. The van der Waals surface area contributed by atoms with E-state index >= 15 is 0 Å². The molecule has 1 heterocycles. The van der Waals surface area contributed by atoms with Crippen LogP contribution in [0.15, 0.2) is 11.4 Å². The zero-order valence-electron chi connectivity index (χ0n) is 10.0. The van der Waals surface area contributed by atoms with Gasteiger partial charge in [-0.2, -0.15) is 0 Å². The van der Waals surface area contributed by atoms with Crippen molar-refractivity contribution in [3.63, 3.8) is 0 Å². The predicted octanol–water partition coefficient (Wildman–Crippen LogP) is 2.99. The maximum absolute atomic E-state index is 5.13. The monoisotopic (exact) mass is 227 g/mol. The first-order valence-electron chi connectivity index (χ1n) is 5.41. The number of nitrogens with one attached hydrogen (secondary N) is 1. The molecule has 0 aliphatic carbocycles. The van der Waals surface area contributed by atoms with Crippen molar-refractivity contribution in [2.75, 3.05) is 20.8 Å². The molecular weight excluding hydrogens is 206 g/mol. The van der Waals surface area contributed by atoms with E-state index in [1.807, 2.05) is 18.4 Å². The van der Waals surface area contributed by atoms with Gasteiger partial charge in [-0.05, 0) is 43.3 Å². The summed E-state index contributed by atoms with van der Waals surface area (Å²) in [4.78, 5) is 1.46. The molecule has 2 unspecified atom stereocenters. The summed E-state index contributed by atoms with van der Waals surface area (Å²) in [6, 6.07) is 2.65. The minimum Gasteiger partial charge on any atom is -0.385 e. The molecule has 0 aliphatic heterocycles. The van der Waals surface area contributed by atoms with Crippen LogP contribution in [0.5, 0.6) is 0 Å². The fourth-order valence-electron chi connectivity index (χ4n) is 1.85. The van der Waals surface area contributed by atoms with Crippen molar-refractivity contribution in [1.82, 2.24) is 5.32 Å². The zero-order chi connectivity index (χ0) is 11.3. The van der Waals surface area contributed by atoms with E-state index in [0.29, 0.717) is 12.0 Å². The van der Waals surface area contributed by atoms with Crippen LogP contribution in [0.3, 0.4) is 0 Å². The Kier molecular flexibility index (Phi) is 5.29. The second-order valence-electron chi connectivity index (χ2n) is 3.99. The number of hydrogen-bond acceptors (Lipinski definition) is 3. The largest absolute Gasteiger partial charge is 0.385 e. The van der Waals surface area contributed by atoms with Crippen molar-refractivity contribution in [3.05, 3.63) is 21.9 Å². The lowest BCUT2D eigenvalue weighted by atomic mass is 9.96. The van der Waals surface area contributed by atoms with Gasteiger partial charge in [0.1, 0.15) is 0 Å². The SMILES string of the molecule is CNC(c1sccc1C)C(C)CCOC. The Morgan fingerprint density at radius 1 is 1.53 bits per heavy atom. The molecule has 0 fully saturated rings. The first kappa shape index (κ1) is 12.7. The highest BCUT2D eigenvalue weighted by Crippen LogP contribution is 2.30. The molecule has 86 valence electrons. The normalized spacial score (nSPS) is 15.2. The molecule has 0 bridgehead atoms. The molecule has 2 nitrogen and oxygen atoms in total. The molecule has 15 heavy (non-hydrogen) atoms. The number of ether oxygens (including phenoxy) is 1. The van der Waals surface area contributed by atoms with E-state index in [-0.39, 0.29) is 0 Å². The smallest absolute Gasteiger partial charge is 0.0465 e. The third-order valence-corrected chi connectivity index (χ3v) is 3.94. The van der Waals surface area contributed by atoms with Gasteiger partial charge in [-0.3, -0.25) is 0 Å². The lowest BCUT2D eigenvalue weighted by Gasteiger charge is -2.23. The van der Waals surface area contributed by atoms with Crippen molar-refractivity contribution >= 4 is 11.3 Å². The van der Waals surface area contributed by atoms with Crippen LogP contribution in [0.1, 0.15) is 29.8 Å². The number of methoxy groups -OCH3 is 1. The quantitative estimate of drug-likeness (QED) is 0.806. The zero-order valence-corrected chi connectivity index (χ0v) is 10.9. The van der Waals surface area contributed by atoms with Gasteiger partial charge >= 0.3 is 0 Å². The molecule has 0 aliphatic rings. The van der Waals surface area contributed by atoms with Crippen molar-refractivity contribution in [1.29, 1.82) is 0 Å². The summed E-state index contributed by atoms with van der Waals surface area (Å²) in [5.74, 6) is 0.604. The lowest BCUT2D eigenvalue weighted by Crippen LogP contribution is -2.24. The summed E-state index contributed by atoms with van der Waals surface area (Å²) >= 11 is 1.84. The Balaban J connectivity index is 2.67. The topological polar surface area (TPSA) is 21.3 Å². The summed E-state index contributed by atoms with van der Waals surface area (Å²) < 4.78 is 5.13. The summed E-state index contributed by atoms with van der Waals surface area (Å²) in [5.41, 5.74) is 1.39. The molecule has 1 rings (SSSR count). The van der Waals surface area contributed by atoms with Gasteiger partial charge in [0, 0.05) is 24.6 Å². The Hall–Kier alpha value is -0.380. The average Bonchev–Trinajstić information content (AvgIpc) is 2.63. The van der Waals surface area contributed by atoms with E-state index in [0.717, 1.165) is 13.0 Å². The van der Waals surface area contributed by atoms with E-state index in [1.54, 1.807) is 7.11 Å². The highest BCUT2D eigenvalue weighted by molar-refractivity contribution is 7.10. The molecule has 0 amide bonds. The van der Waals surface area contributed by atoms with Crippen LogP contribution < -0.4 is 5.32 Å². The van der Waals surface area contributed by atoms with Crippen molar-refractivity contribution in [2.45, 2.75) is 26.3 Å².